The molecule has 0 fully saturated rings. The fourth-order valence-electron chi connectivity index (χ4n) is 1.08. The normalized spacial score (nSPS) is 9.80. The Labute approximate surface area is 98.6 Å². The molecule has 0 aliphatic carbocycles. The highest BCUT2D eigenvalue weighted by Crippen LogP contribution is 2.09. The van der Waals surface area contributed by atoms with E-state index in [4.69, 9.17) is 0 Å². The minimum Gasteiger partial charge on any atom is -0.327 e. The van der Waals surface area contributed by atoms with Gasteiger partial charge >= 0.3 is 6.03 Å². The van der Waals surface area contributed by atoms with E-state index in [2.05, 4.69) is 21.2 Å². The first-order valence-corrected chi connectivity index (χ1v) is 5.90. The van der Waals surface area contributed by atoms with E-state index < -0.39 is 0 Å². The van der Waals surface area contributed by atoms with Gasteiger partial charge in [0.05, 0.1) is 0 Å². The van der Waals surface area contributed by atoms with Gasteiger partial charge in [-0.1, -0.05) is 33.6 Å². The number of amides is 2. The molecule has 4 heteroatoms. The van der Waals surface area contributed by atoms with Crippen molar-refractivity contribution in [2.24, 2.45) is 0 Å². The maximum Gasteiger partial charge on any atom is 0.321 e. The Bertz CT molecular complexity index is 324. The lowest BCUT2D eigenvalue weighted by Crippen LogP contribution is -2.32. The van der Waals surface area contributed by atoms with Crippen molar-refractivity contribution in [2.75, 3.05) is 24.2 Å². The van der Waals surface area contributed by atoms with Crippen LogP contribution in [0.3, 0.4) is 0 Å². The van der Waals surface area contributed by atoms with Crippen molar-refractivity contribution in [2.45, 2.75) is 6.92 Å². The monoisotopic (exact) mass is 270 g/mol. The van der Waals surface area contributed by atoms with Crippen LogP contribution in [0.4, 0.5) is 10.5 Å². The molecule has 0 unspecified atom stereocenters. The van der Waals surface area contributed by atoms with Crippen molar-refractivity contribution in [3.05, 3.63) is 29.8 Å². The molecule has 1 aromatic carbocycles. The predicted octanol–water partition coefficient (Wildman–Crippen LogP) is 2.85. The summed E-state index contributed by atoms with van der Waals surface area (Å²) >= 11 is 3.29. The zero-order valence-electron chi connectivity index (χ0n) is 8.96. The Kier molecular flexibility index (Phi) is 4.62. The molecule has 82 valence electrons. The average molecular weight is 271 g/mol. The van der Waals surface area contributed by atoms with Crippen LogP contribution in [0.5, 0.6) is 0 Å². The molecule has 0 saturated carbocycles. The van der Waals surface area contributed by atoms with E-state index in [1.165, 1.54) is 5.56 Å². The number of aryl methyl sites for hydroxylation is 1. The standard InChI is InChI=1S/C11H15BrN2O/c1-9-3-5-10(6-4-9)13-11(15)14(2)8-7-12/h3-6H,7-8H2,1-2H3,(H,13,15). The molecule has 1 rings (SSSR count). The smallest absolute Gasteiger partial charge is 0.321 e. The van der Waals surface area contributed by atoms with Gasteiger partial charge in [-0.3, -0.25) is 0 Å². The zero-order valence-corrected chi connectivity index (χ0v) is 10.5. The Balaban J connectivity index is 2.54. The molecule has 0 aromatic heterocycles. The van der Waals surface area contributed by atoms with Gasteiger partial charge in [0.25, 0.3) is 0 Å². The fraction of sp³-hybridized carbons (Fsp3) is 0.364. The highest BCUT2D eigenvalue weighted by atomic mass is 79.9. The number of carbonyl (C=O) groups is 1. The quantitative estimate of drug-likeness (QED) is 0.842. The minimum atomic E-state index is -0.0849. The van der Waals surface area contributed by atoms with Crippen LogP contribution >= 0.6 is 15.9 Å². The Morgan fingerprint density at radius 1 is 1.40 bits per heavy atom. The molecule has 0 heterocycles. The van der Waals surface area contributed by atoms with E-state index in [0.29, 0.717) is 6.54 Å². The van der Waals surface area contributed by atoms with Gasteiger partial charge in [-0.05, 0) is 19.1 Å². The van der Waals surface area contributed by atoms with Crippen molar-refractivity contribution in [3.63, 3.8) is 0 Å². The lowest BCUT2D eigenvalue weighted by atomic mass is 10.2. The summed E-state index contributed by atoms with van der Waals surface area (Å²) in [5, 5.41) is 3.60. The van der Waals surface area contributed by atoms with Gasteiger partial charge in [-0.25, -0.2) is 4.79 Å². The Morgan fingerprint density at radius 3 is 2.53 bits per heavy atom. The number of hydrogen-bond donors (Lipinski definition) is 1. The molecule has 0 bridgehead atoms. The largest absolute Gasteiger partial charge is 0.327 e. The van der Waals surface area contributed by atoms with Crippen LogP contribution in [0, 0.1) is 6.92 Å². The molecule has 0 atom stereocenters. The fourth-order valence-corrected chi connectivity index (χ4v) is 1.62. The first-order valence-electron chi connectivity index (χ1n) is 4.78. The van der Waals surface area contributed by atoms with Crippen molar-refractivity contribution in [1.29, 1.82) is 0 Å². The van der Waals surface area contributed by atoms with Crippen LogP contribution < -0.4 is 5.32 Å². The maximum absolute atomic E-state index is 11.6. The molecule has 2 amide bonds. The number of nitrogens with one attached hydrogen (secondary N) is 1. The number of alkyl halides is 1. The highest BCUT2D eigenvalue weighted by molar-refractivity contribution is 9.09. The van der Waals surface area contributed by atoms with Crippen molar-refractivity contribution in [3.8, 4) is 0 Å². The summed E-state index contributed by atoms with van der Waals surface area (Å²) in [5.74, 6) is 0. The van der Waals surface area contributed by atoms with Gasteiger partial charge in [-0.2, -0.15) is 0 Å². The van der Waals surface area contributed by atoms with Crippen LogP contribution in [0.1, 0.15) is 5.56 Å². The maximum atomic E-state index is 11.6. The van der Waals surface area contributed by atoms with Crippen LogP contribution in [-0.2, 0) is 0 Å². The summed E-state index contributed by atoms with van der Waals surface area (Å²) in [6, 6.07) is 7.66. The predicted molar refractivity (Wildman–Crippen MR) is 66.6 cm³/mol. The Hall–Kier alpha value is -1.03. The molecular formula is C11H15BrN2O. The second kappa shape index (κ2) is 5.75. The van der Waals surface area contributed by atoms with E-state index >= 15 is 0 Å². The molecule has 0 saturated heterocycles. The van der Waals surface area contributed by atoms with Gasteiger partial charge < -0.3 is 10.2 Å². The molecule has 3 nitrogen and oxygen atoms in total. The number of carbonyl (C=O) groups excluding carboxylic acids is 1. The van der Waals surface area contributed by atoms with E-state index in [-0.39, 0.29) is 6.03 Å². The van der Waals surface area contributed by atoms with E-state index in [9.17, 15) is 4.79 Å². The van der Waals surface area contributed by atoms with Crippen molar-refractivity contribution < 1.29 is 4.79 Å². The first kappa shape index (κ1) is 12.0. The number of anilines is 1. The van der Waals surface area contributed by atoms with Crippen LogP contribution in [0.25, 0.3) is 0 Å². The molecule has 15 heavy (non-hydrogen) atoms. The number of urea groups is 1. The Morgan fingerprint density at radius 2 is 2.00 bits per heavy atom. The highest BCUT2D eigenvalue weighted by Gasteiger charge is 2.06. The van der Waals surface area contributed by atoms with Gasteiger partial charge in [-0.15, -0.1) is 0 Å². The molecule has 0 radical (unpaired) electrons. The van der Waals surface area contributed by atoms with Gasteiger partial charge in [0.1, 0.15) is 0 Å². The van der Waals surface area contributed by atoms with E-state index in [1.807, 2.05) is 31.2 Å². The minimum absolute atomic E-state index is 0.0849. The molecule has 0 aliphatic heterocycles. The topological polar surface area (TPSA) is 32.3 Å². The van der Waals surface area contributed by atoms with Crippen LogP contribution in [-0.4, -0.2) is 29.9 Å². The second-order valence-electron chi connectivity index (χ2n) is 3.41. The summed E-state index contributed by atoms with van der Waals surface area (Å²) in [6.45, 7) is 2.71. The zero-order chi connectivity index (χ0) is 11.3. The second-order valence-corrected chi connectivity index (χ2v) is 4.20. The lowest BCUT2D eigenvalue weighted by Gasteiger charge is -2.16. The third-order valence-electron chi connectivity index (χ3n) is 2.07. The van der Waals surface area contributed by atoms with Gasteiger partial charge in [0.2, 0.25) is 0 Å². The summed E-state index contributed by atoms with van der Waals surface area (Å²) in [7, 11) is 1.77. The number of halogens is 1. The molecule has 1 aromatic rings. The average Bonchev–Trinajstić information content (AvgIpc) is 2.22. The number of benzene rings is 1. The third-order valence-corrected chi connectivity index (χ3v) is 2.42. The molecule has 0 spiro atoms. The summed E-state index contributed by atoms with van der Waals surface area (Å²) in [6.07, 6.45) is 0. The summed E-state index contributed by atoms with van der Waals surface area (Å²) < 4.78 is 0. The van der Waals surface area contributed by atoms with Crippen molar-refractivity contribution >= 4 is 27.6 Å². The summed E-state index contributed by atoms with van der Waals surface area (Å²) in [5.41, 5.74) is 2.01. The first-order chi connectivity index (χ1) is 7.13. The summed E-state index contributed by atoms with van der Waals surface area (Å²) in [4.78, 5) is 13.2. The lowest BCUT2D eigenvalue weighted by molar-refractivity contribution is 0.225. The number of nitrogens with zero attached hydrogens (tertiary/aromatic N) is 1. The van der Waals surface area contributed by atoms with Crippen LogP contribution in [0.15, 0.2) is 24.3 Å². The number of rotatable bonds is 3. The van der Waals surface area contributed by atoms with E-state index in [1.54, 1.807) is 11.9 Å². The van der Waals surface area contributed by atoms with Crippen LogP contribution in [0.2, 0.25) is 0 Å². The SMILES string of the molecule is Cc1ccc(NC(=O)N(C)CCBr)cc1. The molecule has 1 N–H and O–H groups in total. The molecular weight excluding hydrogens is 256 g/mol. The van der Waals surface area contributed by atoms with Crippen molar-refractivity contribution in [1.82, 2.24) is 4.90 Å². The molecule has 0 aliphatic rings. The van der Waals surface area contributed by atoms with Gasteiger partial charge in [0.15, 0.2) is 0 Å². The third kappa shape index (κ3) is 3.91. The van der Waals surface area contributed by atoms with E-state index in [0.717, 1.165) is 11.0 Å². The van der Waals surface area contributed by atoms with Gasteiger partial charge in [0, 0.05) is 24.6 Å². The number of hydrogen-bond acceptors (Lipinski definition) is 1.